The van der Waals surface area contributed by atoms with Gasteiger partial charge in [-0.05, 0) is 34.1 Å². The molecule has 0 bridgehead atoms. The number of sulfonamides is 1. The van der Waals surface area contributed by atoms with Crippen LogP contribution >= 0.6 is 27.3 Å². The predicted octanol–water partition coefficient (Wildman–Crippen LogP) is 2.57. The third-order valence-corrected chi connectivity index (χ3v) is 5.85. The van der Waals surface area contributed by atoms with Crippen LogP contribution in [-0.4, -0.2) is 19.9 Å². The van der Waals surface area contributed by atoms with E-state index in [0.717, 1.165) is 5.01 Å². The highest BCUT2D eigenvalue weighted by Gasteiger charge is 2.17. The summed E-state index contributed by atoms with van der Waals surface area (Å²) in [6.07, 6.45) is 1.71. The van der Waals surface area contributed by atoms with Crippen molar-refractivity contribution in [1.29, 1.82) is 0 Å². The van der Waals surface area contributed by atoms with Crippen LogP contribution in [-0.2, 0) is 10.0 Å². The highest BCUT2D eigenvalue weighted by Crippen LogP contribution is 2.23. The summed E-state index contributed by atoms with van der Waals surface area (Å²) in [5.74, 6) is 0.0296. The largest absolute Gasteiger partial charge is 0.398 e. The van der Waals surface area contributed by atoms with E-state index >= 15 is 0 Å². The molecule has 0 fully saturated rings. The van der Waals surface area contributed by atoms with Gasteiger partial charge in [0, 0.05) is 34.2 Å². The first-order chi connectivity index (χ1) is 9.40. The van der Waals surface area contributed by atoms with Gasteiger partial charge in [-0.1, -0.05) is 6.92 Å². The molecular formula is C12H14BrN3O2S2. The maximum absolute atomic E-state index is 12.2. The summed E-state index contributed by atoms with van der Waals surface area (Å²) >= 11 is 4.74. The summed E-state index contributed by atoms with van der Waals surface area (Å²) in [5.41, 5.74) is 6.15. The van der Waals surface area contributed by atoms with Crippen molar-refractivity contribution in [2.45, 2.75) is 17.7 Å². The van der Waals surface area contributed by atoms with Gasteiger partial charge in [-0.25, -0.2) is 18.1 Å². The molecule has 0 radical (unpaired) electrons. The first kappa shape index (κ1) is 15.4. The second kappa shape index (κ2) is 6.21. The quantitative estimate of drug-likeness (QED) is 0.786. The molecule has 2 rings (SSSR count). The van der Waals surface area contributed by atoms with Crippen LogP contribution in [0.3, 0.4) is 0 Å². The molecule has 0 saturated heterocycles. The van der Waals surface area contributed by atoms with Gasteiger partial charge in [0.15, 0.2) is 0 Å². The number of halogens is 1. The summed E-state index contributed by atoms with van der Waals surface area (Å²) in [4.78, 5) is 4.36. The van der Waals surface area contributed by atoms with Crippen molar-refractivity contribution in [2.75, 3.05) is 12.3 Å². The third-order valence-electron chi connectivity index (χ3n) is 2.73. The van der Waals surface area contributed by atoms with Gasteiger partial charge >= 0.3 is 0 Å². The number of nitrogens with zero attached hydrogens (tertiary/aromatic N) is 1. The van der Waals surface area contributed by atoms with Crippen molar-refractivity contribution < 1.29 is 8.42 Å². The number of thiazole rings is 1. The Morgan fingerprint density at radius 2 is 2.25 bits per heavy atom. The molecule has 2 aromatic rings. The lowest BCUT2D eigenvalue weighted by molar-refractivity contribution is 0.574. The van der Waals surface area contributed by atoms with Gasteiger partial charge in [0.05, 0.1) is 9.90 Å². The highest BCUT2D eigenvalue weighted by atomic mass is 79.9. The number of anilines is 1. The number of aromatic nitrogens is 1. The van der Waals surface area contributed by atoms with Crippen molar-refractivity contribution in [3.8, 4) is 0 Å². The van der Waals surface area contributed by atoms with Crippen LogP contribution in [0.25, 0.3) is 0 Å². The molecule has 0 aliphatic carbocycles. The van der Waals surface area contributed by atoms with Crippen LogP contribution in [0.4, 0.5) is 5.69 Å². The smallest absolute Gasteiger partial charge is 0.240 e. The lowest BCUT2D eigenvalue weighted by atomic mass is 10.2. The Kier molecular flexibility index (Phi) is 4.79. The van der Waals surface area contributed by atoms with E-state index in [9.17, 15) is 8.42 Å². The van der Waals surface area contributed by atoms with Crippen molar-refractivity contribution in [3.63, 3.8) is 0 Å². The highest BCUT2D eigenvalue weighted by molar-refractivity contribution is 9.10. The number of nitrogens with two attached hydrogens (primary N) is 1. The lowest BCUT2D eigenvalue weighted by Gasteiger charge is -2.11. The standard InChI is InChI=1S/C12H14BrN3O2S2/c1-8(12-15-4-5-19-12)7-16-20(17,18)9-2-3-11(14)10(13)6-9/h2-6,8,16H,7,14H2,1H3. The van der Waals surface area contributed by atoms with E-state index in [1.807, 2.05) is 12.3 Å². The van der Waals surface area contributed by atoms with Crippen molar-refractivity contribution in [3.05, 3.63) is 39.3 Å². The van der Waals surface area contributed by atoms with E-state index in [1.54, 1.807) is 12.3 Å². The minimum absolute atomic E-state index is 0.0296. The van der Waals surface area contributed by atoms with Crippen LogP contribution in [0.15, 0.2) is 39.1 Å². The SMILES string of the molecule is CC(CNS(=O)(=O)c1ccc(N)c(Br)c1)c1nccs1. The Hall–Kier alpha value is -0.960. The Morgan fingerprint density at radius 3 is 2.85 bits per heavy atom. The number of hydrogen-bond acceptors (Lipinski definition) is 5. The normalized spacial score (nSPS) is 13.3. The first-order valence-corrected chi connectivity index (χ1v) is 9.00. The maximum Gasteiger partial charge on any atom is 0.240 e. The number of rotatable bonds is 5. The summed E-state index contributed by atoms with van der Waals surface area (Å²) in [5, 5.41) is 2.78. The molecular weight excluding hydrogens is 362 g/mol. The summed E-state index contributed by atoms with van der Waals surface area (Å²) < 4.78 is 27.5. The fourth-order valence-electron chi connectivity index (χ4n) is 1.56. The summed E-state index contributed by atoms with van der Waals surface area (Å²) in [6, 6.07) is 4.53. The van der Waals surface area contributed by atoms with Gasteiger partial charge in [0.2, 0.25) is 10.0 Å². The Bertz CT molecular complexity index is 687. The monoisotopic (exact) mass is 375 g/mol. The average molecular weight is 376 g/mol. The fourth-order valence-corrected chi connectivity index (χ4v) is 3.94. The molecule has 1 aromatic carbocycles. The van der Waals surface area contributed by atoms with Gasteiger partial charge in [-0.2, -0.15) is 0 Å². The van der Waals surface area contributed by atoms with E-state index in [2.05, 4.69) is 25.6 Å². The Labute approximate surface area is 130 Å². The maximum atomic E-state index is 12.2. The van der Waals surface area contributed by atoms with Crippen molar-refractivity contribution in [2.24, 2.45) is 0 Å². The molecule has 20 heavy (non-hydrogen) atoms. The molecule has 0 amide bonds. The molecule has 1 aromatic heterocycles. The third kappa shape index (κ3) is 3.57. The van der Waals surface area contributed by atoms with Crippen molar-refractivity contribution in [1.82, 2.24) is 9.71 Å². The predicted molar refractivity (Wildman–Crippen MR) is 84.3 cm³/mol. The molecule has 1 heterocycles. The lowest BCUT2D eigenvalue weighted by Crippen LogP contribution is -2.27. The Balaban J connectivity index is 2.09. The molecule has 1 atom stereocenters. The summed E-state index contributed by atoms with van der Waals surface area (Å²) in [7, 11) is -3.54. The zero-order valence-corrected chi connectivity index (χ0v) is 13.9. The molecule has 0 spiro atoms. The van der Waals surface area contributed by atoms with Crippen LogP contribution in [0.2, 0.25) is 0 Å². The molecule has 8 heteroatoms. The van der Waals surface area contributed by atoms with E-state index < -0.39 is 10.0 Å². The van der Waals surface area contributed by atoms with Crippen LogP contribution in [0.5, 0.6) is 0 Å². The molecule has 0 saturated carbocycles. The van der Waals surface area contributed by atoms with E-state index in [4.69, 9.17) is 5.73 Å². The molecule has 5 nitrogen and oxygen atoms in total. The topological polar surface area (TPSA) is 85.1 Å². The van der Waals surface area contributed by atoms with Crippen LogP contribution in [0.1, 0.15) is 17.8 Å². The van der Waals surface area contributed by atoms with Crippen LogP contribution in [0, 0.1) is 0 Å². The number of hydrogen-bond donors (Lipinski definition) is 2. The van der Waals surface area contributed by atoms with Crippen molar-refractivity contribution >= 4 is 43.0 Å². The zero-order valence-electron chi connectivity index (χ0n) is 10.7. The fraction of sp³-hybridized carbons (Fsp3) is 0.250. The Morgan fingerprint density at radius 1 is 1.50 bits per heavy atom. The van der Waals surface area contributed by atoms with Gasteiger partial charge in [0.25, 0.3) is 0 Å². The second-order valence-electron chi connectivity index (χ2n) is 4.31. The number of benzene rings is 1. The van der Waals surface area contributed by atoms with Gasteiger partial charge in [0.1, 0.15) is 0 Å². The first-order valence-electron chi connectivity index (χ1n) is 5.84. The van der Waals surface area contributed by atoms with Crippen LogP contribution < -0.4 is 10.5 Å². The van der Waals surface area contributed by atoms with E-state index in [0.29, 0.717) is 16.7 Å². The van der Waals surface area contributed by atoms with E-state index in [1.165, 1.54) is 23.5 Å². The number of nitrogen functional groups attached to an aromatic ring is 1. The van der Waals surface area contributed by atoms with E-state index in [-0.39, 0.29) is 10.8 Å². The average Bonchev–Trinajstić information content (AvgIpc) is 2.93. The molecule has 0 aliphatic rings. The zero-order chi connectivity index (χ0) is 14.8. The minimum Gasteiger partial charge on any atom is -0.398 e. The van der Waals surface area contributed by atoms with Gasteiger partial charge < -0.3 is 5.73 Å². The second-order valence-corrected chi connectivity index (χ2v) is 7.85. The minimum atomic E-state index is -3.54. The summed E-state index contributed by atoms with van der Waals surface area (Å²) in [6.45, 7) is 2.23. The number of nitrogens with one attached hydrogen (secondary N) is 1. The molecule has 1 unspecified atom stereocenters. The molecule has 3 N–H and O–H groups in total. The van der Waals surface area contributed by atoms with Gasteiger partial charge in [-0.3, -0.25) is 0 Å². The van der Waals surface area contributed by atoms with Gasteiger partial charge in [-0.15, -0.1) is 11.3 Å². The molecule has 108 valence electrons. The molecule has 0 aliphatic heterocycles.